The zero-order valence-electron chi connectivity index (χ0n) is 7.17. The van der Waals surface area contributed by atoms with E-state index >= 15 is 0 Å². The van der Waals surface area contributed by atoms with Crippen molar-refractivity contribution in [2.24, 2.45) is 0 Å². The molecule has 0 N–H and O–H groups in total. The first-order valence-electron chi connectivity index (χ1n) is 3.94. The predicted octanol–water partition coefficient (Wildman–Crippen LogP) is 2.12. The normalized spacial score (nSPS) is 14.0. The lowest BCUT2D eigenvalue weighted by Crippen LogP contribution is -2.15. The Labute approximate surface area is 81.2 Å². The van der Waals surface area contributed by atoms with E-state index in [1.165, 1.54) is 0 Å². The van der Waals surface area contributed by atoms with E-state index in [4.69, 9.17) is 25.8 Å². The zero-order chi connectivity index (χ0) is 9.26. The van der Waals surface area contributed by atoms with Crippen LogP contribution in [-0.2, 0) is 0 Å². The molecule has 70 valence electrons. The SMILES string of the molecule is COc1cc(Cl)c2c(c1)OCCO2. The lowest BCUT2D eigenvalue weighted by atomic mass is 10.3. The van der Waals surface area contributed by atoms with Gasteiger partial charge in [-0.1, -0.05) is 11.6 Å². The van der Waals surface area contributed by atoms with E-state index in [-0.39, 0.29) is 0 Å². The lowest BCUT2D eigenvalue weighted by molar-refractivity contribution is 0.171. The predicted molar refractivity (Wildman–Crippen MR) is 49.0 cm³/mol. The van der Waals surface area contributed by atoms with Crippen molar-refractivity contribution in [3.63, 3.8) is 0 Å². The van der Waals surface area contributed by atoms with Gasteiger partial charge in [-0.2, -0.15) is 0 Å². The molecule has 0 aromatic heterocycles. The van der Waals surface area contributed by atoms with Gasteiger partial charge in [0, 0.05) is 12.1 Å². The van der Waals surface area contributed by atoms with E-state index in [9.17, 15) is 0 Å². The summed E-state index contributed by atoms with van der Waals surface area (Å²) in [6.45, 7) is 1.09. The average Bonchev–Trinajstić information content (AvgIpc) is 2.18. The number of methoxy groups -OCH3 is 1. The molecule has 3 nitrogen and oxygen atoms in total. The average molecular weight is 201 g/mol. The number of hydrogen-bond acceptors (Lipinski definition) is 3. The third-order valence-electron chi connectivity index (χ3n) is 1.81. The molecule has 13 heavy (non-hydrogen) atoms. The highest BCUT2D eigenvalue weighted by Gasteiger charge is 2.16. The molecule has 2 rings (SSSR count). The molecule has 1 aromatic rings. The number of hydrogen-bond donors (Lipinski definition) is 0. The minimum atomic E-state index is 0.522. The van der Waals surface area contributed by atoms with Crippen molar-refractivity contribution >= 4 is 11.6 Å². The minimum Gasteiger partial charge on any atom is -0.497 e. The number of fused-ring (bicyclic) bond motifs is 1. The van der Waals surface area contributed by atoms with Crippen molar-refractivity contribution in [2.45, 2.75) is 0 Å². The van der Waals surface area contributed by atoms with Crippen LogP contribution in [0.2, 0.25) is 5.02 Å². The van der Waals surface area contributed by atoms with E-state index in [0.717, 1.165) is 0 Å². The van der Waals surface area contributed by atoms with Crippen LogP contribution in [0.1, 0.15) is 0 Å². The van der Waals surface area contributed by atoms with Gasteiger partial charge in [-0.3, -0.25) is 0 Å². The van der Waals surface area contributed by atoms with Crippen LogP contribution in [0.4, 0.5) is 0 Å². The highest BCUT2D eigenvalue weighted by molar-refractivity contribution is 6.32. The van der Waals surface area contributed by atoms with Gasteiger partial charge in [-0.15, -0.1) is 0 Å². The van der Waals surface area contributed by atoms with Crippen molar-refractivity contribution in [2.75, 3.05) is 20.3 Å². The monoisotopic (exact) mass is 200 g/mol. The van der Waals surface area contributed by atoms with Crippen LogP contribution in [0.5, 0.6) is 17.2 Å². The summed E-state index contributed by atoms with van der Waals surface area (Å²) in [6.07, 6.45) is 0. The topological polar surface area (TPSA) is 27.7 Å². The standard InChI is InChI=1S/C9H9ClO3/c1-11-6-4-7(10)9-8(5-6)12-2-3-13-9/h4-5H,2-3H2,1H3. The maximum absolute atomic E-state index is 5.94. The van der Waals surface area contributed by atoms with Gasteiger partial charge in [-0.25, -0.2) is 0 Å². The summed E-state index contributed by atoms with van der Waals surface area (Å²) in [5.41, 5.74) is 0. The lowest BCUT2D eigenvalue weighted by Gasteiger charge is -2.19. The molecule has 0 spiro atoms. The maximum atomic E-state index is 5.94. The number of benzene rings is 1. The molecular weight excluding hydrogens is 192 g/mol. The first-order chi connectivity index (χ1) is 6.31. The fourth-order valence-electron chi connectivity index (χ4n) is 1.21. The summed E-state index contributed by atoms with van der Waals surface area (Å²) in [5.74, 6) is 1.93. The fourth-order valence-corrected chi connectivity index (χ4v) is 1.46. The summed E-state index contributed by atoms with van der Waals surface area (Å²) < 4.78 is 15.7. The Morgan fingerprint density at radius 2 is 2.08 bits per heavy atom. The molecule has 1 heterocycles. The molecule has 1 aliphatic heterocycles. The second-order valence-corrected chi connectivity index (χ2v) is 3.04. The second kappa shape index (κ2) is 3.34. The van der Waals surface area contributed by atoms with E-state index in [0.29, 0.717) is 35.5 Å². The number of ether oxygens (including phenoxy) is 3. The van der Waals surface area contributed by atoms with Gasteiger partial charge in [-0.05, 0) is 0 Å². The molecule has 0 bridgehead atoms. The Morgan fingerprint density at radius 3 is 2.85 bits per heavy atom. The molecule has 0 atom stereocenters. The highest BCUT2D eigenvalue weighted by atomic mass is 35.5. The Kier molecular flexibility index (Phi) is 2.19. The number of rotatable bonds is 1. The van der Waals surface area contributed by atoms with Gasteiger partial charge in [0.1, 0.15) is 19.0 Å². The second-order valence-electron chi connectivity index (χ2n) is 2.63. The smallest absolute Gasteiger partial charge is 0.180 e. The van der Waals surface area contributed by atoms with Gasteiger partial charge >= 0.3 is 0 Å². The molecule has 1 aliphatic rings. The highest BCUT2D eigenvalue weighted by Crippen LogP contribution is 2.40. The molecule has 0 amide bonds. The molecule has 0 aliphatic carbocycles. The zero-order valence-corrected chi connectivity index (χ0v) is 7.93. The molecule has 4 heteroatoms. The van der Waals surface area contributed by atoms with Gasteiger partial charge < -0.3 is 14.2 Å². The quantitative estimate of drug-likeness (QED) is 0.695. The van der Waals surface area contributed by atoms with E-state index in [1.807, 2.05) is 0 Å². The van der Waals surface area contributed by atoms with E-state index in [2.05, 4.69) is 0 Å². The Hall–Kier alpha value is -1.09. The van der Waals surface area contributed by atoms with E-state index in [1.54, 1.807) is 19.2 Å². The number of halogens is 1. The fraction of sp³-hybridized carbons (Fsp3) is 0.333. The molecule has 0 fully saturated rings. The van der Waals surface area contributed by atoms with Crippen LogP contribution in [0.25, 0.3) is 0 Å². The van der Waals surface area contributed by atoms with E-state index < -0.39 is 0 Å². The molecule has 0 saturated heterocycles. The molecule has 0 unspecified atom stereocenters. The third-order valence-corrected chi connectivity index (χ3v) is 2.09. The van der Waals surface area contributed by atoms with Crippen molar-refractivity contribution in [1.29, 1.82) is 0 Å². The van der Waals surface area contributed by atoms with Gasteiger partial charge in [0.05, 0.1) is 12.1 Å². The Bertz CT molecular complexity index is 325. The summed E-state index contributed by atoms with van der Waals surface area (Å²) in [7, 11) is 1.59. The van der Waals surface area contributed by atoms with Gasteiger partial charge in [0.15, 0.2) is 11.5 Å². The van der Waals surface area contributed by atoms with Crippen LogP contribution >= 0.6 is 11.6 Å². The van der Waals surface area contributed by atoms with Gasteiger partial charge in [0.25, 0.3) is 0 Å². The summed E-state index contributed by atoms with van der Waals surface area (Å²) in [4.78, 5) is 0. The van der Waals surface area contributed by atoms with Crippen LogP contribution in [0.15, 0.2) is 12.1 Å². The third kappa shape index (κ3) is 1.52. The van der Waals surface area contributed by atoms with Crippen LogP contribution in [0.3, 0.4) is 0 Å². The largest absolute Gasteiger partial charge is 0.497 e. The van der Waals surface area contributed by atoms with Crippen molar-refractivity contribution in [3.8, 4) is 17.2 Å². The first kappa shape index (κ1) is 8.51. The van der Waals surface area contributed by atoms with Crippen LogP contribution < -0.4 is 14.2 Å². The maximum Gasteiger partial charge on any atom is 0.180 e. The summed E-state index contributed by atoms with van der Waals surface area (Å²) in [6, 6.07) is 3.47. The van der Waals surface area contributed by atoms with Crippen LogP contribution in [0, 0.1) is 0 Å². The first-order valence-corrected chi connectivity index (χ1v) is 4.32. The molecule has 0 radical (unpaired) electrons. The van der Waals surface area contributed by atoms with Crippen molar-refractivity contribution in [3.05, 3.63) is 17.2 Å². The molecular formula is C9H9ClO3. The van der Waals surface area contributed by atoms with Crippen molar-refractivity contribution < 1.29 is 14.2 Å². The Balaban J connectivity index is 2.47. The molecule has 0 saturated carbocycles. The summed E-state index contributed by atoms with van der Waals surface area (Å²) in [5, 5.41) is 0.522. The van der Waals surface area contributed by atoms with Crippen molar-refractivity contribution in [1.82, 2.24) is 0 Å². The minimum absolute atomic E-state index is 0.522. The molecule has 1 aromatic carbocycles. The Morgan fingerprint density at radius 1 is 1.31 bits per heavy atom. The van der Waals surface area contributed by atoms with Gasteiger partial charge in [0.2, 0.25) is 0 Å². The summed E-state index contributed by atoms with van der Waals surface area (Å²) >= 11 is 5.94. The van der Waals surface area contributed by atoms with Crippen LogP contribution in [-0.4, -0.2) is 20.3 Å².